The third-order valence-electron chi connectivity index (χ3n) is 3.80. The maximum Gasteiger partial charge on any atom is 0.129 e. The number of methoxy groups -OCH3 is 1. The largest absolute Gasteiger partial charge is 0.496 e. The zero-order valence-electron chi connectivity index (χ0n) is 13.1. The van der Waals surface area contributed by atoms with E-state index in [0.717, 1.165) is 29.0 Å². The summed E-state index contributed by atoms with van der Waals surface area (Å²) in [5, 5.41) is 3.16. The van der Waals surface area contributed by atoms with Crippen LogP contribution < -0.4 is 10.1 Å². The summed E-state index contributed by atoms with van der Waals surface area (Å²) in [5.41, 5.74) is 4.95. The van der Waals surface area contributed by atoms with Crippen LogP contribution in [0.15, 0.2) is 30.3 Å². The highest BCUT2D eigenvalue weighted by Crippen LogP contribution is 2.35. The molecule has 0 aliphatic rings. The average Bonchev–Trinajstić information content (AvgIpc) is 2.49. The Labute approximate surface area is 126 Å². The molecule has 0 aromatic heterocycles. The average molecular weight is 287 g/mol. The van der Waals surface area contributed by atoms with E-state index in [1.165, 1.54) is 11.6 Å². The van der Waals surface area contributed by atoms with Crippen LogP contribution >= 0.6 is 0 Å². The third-order valence-corrected chi connectivity index (χ3v) is 3.80. The van der Waals surface area contributed by atoms with Gasteiger partial charge in [0, 0.05) is 17.7 Å². The van der Waals surface area contributed by atoms with Gasteiger partial charge in [-0.05, 0) is 49.2 Å². The Bertz CT molecular complexity index is 637. The second-order valence-electron chi connectivity index (χ2n) is 5.17. The number of nitrogens with one attached hydrogen (secondary N) is 1. The predicted molar refractivity (Wildman–Crippen MR) is 85.2 cm³/mol. The smallest absolute Gasteiger partial charge is 0.129 e. The van der Waals surface area contributed by atoms with Gasteiger partial charge in [0.15, 0.2) is 0 Å². The van der Waals surface area contributed by atoms with Gasteiger partial charge in [-0.2, -0.15) is 0 Å². The highest BCUT2D eigenvalue weighted by molar-refractivity contribution is 5.73. The molecule has 0 saturated carbocycles. The van der Waals surface area contributed by atoms with E-state index < -0.39 is 0 Å². The van der Waals surface area contributed by atoms with Crippen molar-refractivity contribution < 1.29 is 9.13 Å². The first kappa shape index (κ1) is 15.5. The lowest BCUT2D eigenvalue weighted by molar-refractivity contribution is 0.413. The predicted octanol–water partition coefficient (Wildman–Crippen LogP) is 4.23. The number of benzene rings is 2. The summed E-state index contributed by atoms with van der Waals surface area (Å²) in [6.45, 7) is 7.46. The molecule has 0 saturated heterocycles. The summed E-state index contributed by atoms with van der Waals surface area (Å²) in [5.74, 6) is 0.679. The van der Waals surface area contributed by atoms with Crippen molar-refractivity contribution in [1.82, 2.24) is 5.32 Å². The molecular weight excluding hydrogens is 265 g/mol. The van der Waals surface area contributed by atoms with Crippen LogP contribution in [0.3, 0.4) is 0 Å². The van der Waals surface area contributed by atoms with Crippen molar-refractivity contribution in [2.45, 2.75) is 27.3 Å². The SMILES string of the molecule is CCNCc1cc(-c2ccc(C)c(C)c2OC)ccc1F. The van der Waals surface area contributed by atoms with Gasteiger partial charge in [-0.15, -0.1) is 0 Å². The molecule has 0 aliphatic carbocycles. The van der Waals surface area contributed by atoms with E-state index in [9.17, 15) is 4.39 Å². The summed E-state index contributed by atoms with van der Waals surface area (Å²) in [7, 11) is 1.67. The third kappa shape index (κ3) is 3.24. The molecule has 0 atom stereocenters. The van der Waals surface area contributed by atoms with Gasteiger partial charge in [-0.25, -0.2) is 4.39 Å². The summed E-state index contributed by atoms with van der Waals surface area (Å²) in [6, 6.07) is 9.32. The van der Waals surface area contributed by atoms with Crippen molar-refractivity contribution in [2.75, 3.05) is 13.7 Å². The Morgan fingerprint density at radius 1 is 1.14 bits per heavy atom. The fourth-order valence-electron chi connectivity index (χ4n) is 2.42. The van der Waals surface area contributed by atoms with E-state index in [1.54, 1.807) is 13.2 Å². The Morgan fingerprint density at radius 2 is 1.90 bits per heavy atom. The van der Waals surface area contributed by atoms with Crippen molar-refractivity contribution in [3.8, 4) is 16.9 Å². The van der Waals surface area contributed by atoms with Crippen LogP contribution in [0.4, 0.5) is 4.39 Å². The van der Waals surface area contributed by atoms with Crippen molar-refractivity contribution in [3.05, 3.63) is 52.8 Å². The number of aryl methyl sites for hydroxylation is 1. The minimum atomic E-state index is -0.178. The van der Waals surface area contributed by atoms with Gasteiger partial charge < -0.3 is 10.1 Å². The molecule has 0 bridgehead atoms. The van der Waals surface area contributed by atoms with Crippen molar-refractivity contribution in [1.29, 1.82) is 0 Å². The zero-order chi connectivity index (χ0) is 15.4. The van der Waals surface area contributed by atoms with Gasteiger partial charge >= 0.3 is 0 Å². The number of ether oxygens (including phenoxy) is 1. The van der Waals surface area contributed by atoms with E-state index in [2.05, 4.69) is 18.3 Å². The van der Waals surface area contributed by atoms with Crippen LogP contribution in [0.25, 0.3) is 11.1 Å². The molecule has 2 rings (SSSR count). The van der Waals surface area contributed by atoms with Crippen LogP contribution in [0.2, 0.25) is 0 Å². The lowest BCUT2D eigenvalue weighted by Gasteiger charge is -2.15. The highest BCUT2D eigenvalue weighted by Gasteiger charge is 2.12. The van der Waals surface area contributed by atoms with E-state index in [1.807, 2.05) is 26.0 Å². The van der Waals surface area contributed by atoms with E-state index >= 15 is 0 Å². The van der Waals surface area contributed by atoms with Crippen LogP contribution in [0, 0.1) is 19.7 Å². The number of hydrogen-bond acceptors (Lipinski definition) is 2. The van der Waals surface area contributed by atoms with Gasteiger partial charge in [-0.1, -0.05) is 25.1 Å². The molecule has 0 unspecified atom stereocenters. The number of hydrogen-bond donors (Lipinski definition) is 1. The first-order valence-corrected chi connectivity index (χ1v) is 7.22. The summed E-state index contributed by atoms with van der Waals surface area (Å²) in [4.78, 5) is 0. The molecule has 3 heteroatoms. The van der Waals surface area contributed by atoms with E-state index in [0.29, 0.717) is 12.1 Å². The first-order valence-electron chi connectivity index (χ1n) is 7.22. The van der Waals surface area contributed by atoms with Gasteiger partial charge in [0.1, 0.15) is 11.6 Å². The molecule has 2 aromatic carbocycles. The first-order chi connectivity index (χ1) is 10.1. The maximum absolute atomic E-state index is 13.9. The quantitative estimate of drug-likeness (QED) is 0.888. The molecule has 1 N–H and O–H groups in total. The lowest BCUT2D eigenvalue weighted by atomic mass is 9.97. The van der Waals surface area contributed by atoms with Crippen molar-refractivity contribution in [2.24, 2.45) is 0 Å². The summed E-state index contributed by atoms with van der Waals surface area (Å²) in [6.07, 6.45) is 0. The molecule has 2 aromatic rings. The normalized spacial score (nSPS) is 10.7. The Hall–Kier alpha value is -1.87. The highest BCUT2D eigenvalue weighted by atomic mass is 19.1. The molecule has 0 heterocycles. The van der Waals surface area contributed by atoms with Crippen molar-refractivity contribution in [3.63, 3.8) is 0 Å². The van der Waals surface area contributed by atoms with Crippen LogP contribution in [0.5, 0.6) is 5.75 Å². The van der Waals surface area contributed by atoms with E-state index in [-0.39, 0.29) is 5.82 Å². The topological polar surface area (TPSA) is 21.3 Å². The van der Waals surface area contributed by atoms with Crippen LogP contribution in [-0.2, 0) is 6.54 Å². The standard InChI is InChI=1S/C18H22FNO/c1-5-20-11-15-10-14(7-9-17(15)19)16-8-6-12(2)13(3)18(16)21-4/h6-10,20H,5,11H2,1-4H3. The molecule has 0 amide bonds. The minimum absolute atomic E-state index is 0.178. The minimum Gasteiger partial charge on any atom is -0.496 e. The summed E-state index contributed by atoms with van der Waals surface area (Å²) >= 11 is 0. The Kier molecular flexibility index (Phi) is 4.97. The fourth-order valence-corrected chi connectivity index (χ4v) is 2.42. The second-order valence-corrected chi connectivity index (χ2v) is 5.17. The molecule has 21 heavy (non-hydrogen) atoms. The van der Waals surface area contributed by atoms with Crippen LogP contribution in [0.1, 0.15) is 23.6 Å². The Morgan fingerprint density at radius 3 is 2.57 bits per heavy atom. The monoisotopic (exact) mass is 287 g/mol. The molecule has 0 aliphatic heterocycles. The van der Waals surface area contributed by atoms with Gasteiger partial charge in [-0.3, -0.25) is 0 Å². The van der Waals surface area contributed by atoms with Gasteiger partial charge in [0.2, 0.25) is 0 Å². The fraction of sp³-hybridized carbons (Fsp3) is 0.333. The molecule has 0 fully saturated rings. The van der Waals surface area contributed by atoms with Crippen molar-refractivity contribution >= 4 is 0 Å². The summed E-state index contributed by atoms with van der Waals surface area (Å²) < 4.78 is 19.4. The molecule has 0 spiro atoms. The maximum atomic E-state index is 13.9. The zero-order valence-corrected chi connectivity index (χ0v) is 13.1. The van der Waals surface area contributed by atoms with E-state index in [4.69, 9.17) is 4.74 Å². The van der Waals surface area contributed by atoms with Gasteiger partial charge in [0.05, 0.1) is 7.11 Å². The molecular formula is C18H22FNO. The Balaban J connectivity index is 2.49. The number of rotatable bonds is 5. The molecule has 112 valence electrons. The molecule has 0 radical (unpaired) electrons. The number of halogens is 1. The second kappa shape index (κ2) is 6.72. The van der Waals surface area contributed by atoms with Gasteiger partial charge in [0.25, 0.3) is 0 Å². The lowest BCUT2D eigenvalue weighted by Crippen LogP contribution is -2.13. The molecule has 2 nitrogen and oxygen atoms in total. The van der Waals surface area contributed by atoms with Crippen LogP contribution in [-0.4, -0.2) is 13.7 Å².